The summed E-state index contributed by atoms with van der Waals surface area (Å²) in [5, 5.41) is 0. The lowest BCUT2D eigenvalue weighted by molar-refractivity contribution is -0.143. The summed E-state index contributed by atoms with van der Waals surface area (Å²) in [6, 6.07) is 25.7. The predicted octanol–water partition coefficient (Wildman–Crippen LogP) is 5.02. The summed E-state index contributed by atoms with van der Waals surface area (Å²) in [5.41, 5.74) is 3.27. The van der Waals surface area contributed by atoms with Crippen molar-refractivity contribution in [3.8, 4) is 11.5 Å². The second kappa shape index (κ2) is 11.3. The Balaban J connectivity index is 1.31. The lowest BCUT2D eigenvalue weighted by atomic mass is 10.1. The first-order chi connectivity index (χ1) is 15.4. The quantitative estimate of drug-likeness (QED) is 0.242. The topological polar surface area (TPSA) is 44.8 Å². The zero-order chi connectivity index (χ0) is 22.8. The molecule has 0 amide bonds. The first-order valence-corrected chi connectivity index (χ1v) is 10.9. The van der Waals surface area contributed by atoms with Gasteiger partial charge in [0.25, 0.3) is 0 Å². The van der Waals surface area contributed by atoms with E-state index in [1.807, 2.05) is 66.7 Å². The Morgan fingerprint density at radius 3 is 1.97 bits per heavy atom. The van der Waals surface area contributed by atoms with Gasteiger partial charge in [0.05, 0.1) is 40.8 Å². The minimum absolute atomic E-state index is 0.220. The minimum atomic E-state index is -0.220. The van der Waals surface area contributed by atoms with Gasteiger partial charge in [-0.2, -0.15) is 0 Å². The third-order valence-corrected chi connectivity index (χ3v) is 4.95. The van der Waals surface area contributed by atoms with Gasteiger partial charge in [-0.25, -0.2) is 0 Å². The van der Waals surface area contributed by atoms with Crippen LogP contribution in [0.2, 0.25) is 0 Å². The van der Waals surface area contributed by atoms with Crippen molar-refractivity contribution in [3.63, 3.8) is 0 Å². The molecule has 0 unspecified atom stereocenters. The van der Waals surface area contributed by atoms with Gasteiger partial charge in [0, 0.05) is 6.42 Å². The average Bonchev–Trinajstić information content (AvgIpc) is 2.79. The fourth-order valence-electron chi connectivity index (χ4n) is 3.09. The summed E-state index contributed by atoms with van der Waals surface area (Å²) in [7, 11) is 6.33. The van der Waals surface area contributed by atoms with Crippen molar-refractivity contribution in [1.29, 1.82) is 0 Å². The normalized spacial score (nSPS) is 11.1. The Kier molecular flexibility index (Phi) is 8.28. The molecular weight excluding hydrogens is 402 g/mol. The van der Waals surface area contributed by atoms with E-state index < -0.39 is 0 Å². The highest BCUT2D eigenvalue weighted by Crippen LogP contribution is 2.19. The molecule has 5 nitrogen and oxygen atoms in total. The molecule has 0 radical (unpaired) electrons. The van der Waals surface area contributed by atoms with E-state index in [9.17, 15) is 4.79 Å². The number of hydrogen-bond donors (Lipinski definition) is 0. The number of quaternary nitrogens is 1. The highest BCUT2D eigenvalue weighted by atomic mass is 16.5. The van der Waals surface area contributed by atoms with Gasteiger partial charge in [-0.3, -0.25) is 9.28 Å². The molecule has 0 fully saturated rings. The first-order valence-electron chi connectivity index (χ1n) is 10.9. The monoisotopic (exact) mass is 434 g/mol. The van der Waals surface area contributed by atoms with E-state index in [0.717, 1.165) is 27.1 Å². The van der Waals surface area contributed by atoms with Gasteiger partial charge in [0.2, 0.25) is 0 Å². The van der Waals surface area contributed by atoms with Crippen molar-refractivity contribution in [2.24, 2.45) is 0 Å². The fourth-order valence-corrected chi connectivity index (χ4v) is 3.09. The lowest BCUT2D eigenvalue weighted by Crippen LogP contribution is -2.34. The molecular formula is C27H32NO4+. The summed E-state index contributed by atoms with van der Waals surface area (Å²) in [6.07, 6.45) is 0.918. The summed E-state index contributed by atoms with van der Waals surface area (Å²) >= 11 is 0. The first kappa shape index (κ1) is 23.4. The second-order valence-corrected chi connectivity index (χ2v) is 8.52. The molecule has 168 valence electrons. The van der Waals surface area contributed by atoms with E-state index in [0.29, 0.717) is 26.2 Å². The molecule has 5 heteroatoms. The number of hydrogen-bond acceptors (Lipinski definition) is 4. The van der Waals surface area contributed by atoms with E-state index in [2.05, 4.69) is 33.3 Å². The maximum Gasteiger partial charge on any atom is 0.310 e. The Hall–Kier alpha value is -3.31. The maximum atomic E-state index is 12.0. The Labute approximate surface area is 190 Å². The van der Waals surface area contributed by atoms with Crippen LogP contribution in [0.1, 0.15) is 17.5 Å². The van der Waals surface area contributed by atoms with Crippen molar-refractivity contribution in [1.82, 2.24) is 4.48 Å². The SMILES string of the molecule is C[N+](C)(C)c1ccc(CC(=O)OCCCOc2ccc(OCc3ccccc3)cc2)cc1. The number of carbonyl (C=O) groups is 1. The van der Waals surface area contributed by atoms with Gasteiger partial charge < -0.3 is 14.2 Å². The maximum absolute atomic E-state index is 12.0. The Bertz CT molecular complexity index is 961. The largest absolute Gasteiger partial charge is 0.493 e. The van der Waals surface area contributed by atoms with Crippen molar-refractivity contribution in [3.05, 3.63) is 90.0 Å². The summed E-state index contributed by atoms with van der Waals surface area (Å²) in [5.74, 6) is 1.34. The number of rotatable bonds is 11. The molecule has 32 heavy (non-hydrogen) atoms. The highest BCUT2D eigenvalue weighted by Gasteiger charge is 2.12. The summed E-state index contributed by atoms with van der Waals surface area (Å²) in [6.45, 7) is 1.36. The highest BCUT2D eigenvalue weighted by molar-refractivity contribution is 5.72. The molecule has 0 aliphatic heterocycles. The molecule has 0 atom stereocenters. The number of benzene rings is 3. The van der Waals surface area contributed by atoms with Crippen molar-refractivity contribution >= 4 is 11.7 Å². The van der Waals surface area contributed by atoms with Crippen LogP contribution in [-0.4, -0.2) is 40.3 Å². The van der Waals surface area contributed by atoms with Crippen molar-refractivity contribution in [2.45, 2.75) is 19.4 Å². The summed E-state index contributed by atoms with van der Waals surface area (Å²) in [4.78, 5) is 12.0. The molecule has 0 aliphatic carbocycles. The molecule has 0 heterocycles. The Morgan fingerprint density at radius 1 is 0.719 bits per heavy atom. The van der Waals surface area contributed by atoms with Crippen LogP contribution in [0, 0.1) is 0 Å². The van der Waals surface area contributed by atoms with Crippen molar-refractivity contribution < 1.29 is 19.0 Å². The molecule has 0 saturated carbocycles. The average molecular weight is 435 g/mol. The van der Waals surface area contributed by atoms with Gasteiger partial charge in [-0.05, 0) is 47.5 Å². The summed E-state index contributed by atoms with van der Waals surface area (Å²) < 4.78 is 17.6. The molecule has 0 aromatic heterocycles. The van der Waals surface area contributed by atoms with Crippen LogP contribution in [0.25, 0.3) is 0 Å². The zero-order valence-electron chi connectivity index (χ0n) is 19.1. The Morgan fingerprint density at radius 2 is 1.34 bits per heavy atom. The third kappa shape index (κ3) is 7.75. The van der Waals surface area contributed by atoms with E-state index in [1.165, 1.54) is 5.69 Å². The van der Waals surface area contributed by atoms with Crippen LogP contribution in [0.4, 0.5) is 5.69 Å². The lowest BCUT2D eigenvalue weighted by Gasteiger charge is -2.23. The smallest absolute Gasteiger partial charge is 0.310 e. The molecule has 0 bridgehead atoms. The van der Waals surface area contributed by atoms with Gasteiger partial charge >= 0.3 is 5.97 Å². The third-order valence-electron chi connectivity index (χ3n) is 4.95. The second-order valence-electron chi connectivity index (χ2n) is 8.52. The number of carbonyl (C=O) groups excluding carboxylic acids is 1. The number of esters is 1. The molecule has 0 saturated heterocycles. The number of nitrogens with zero attached hydrogens (tertiary/aromatic N) is 1. The molecule has 3 aromatic carbocycles. The fraction of sp³-hybridized carbons (Fsp3) is 0.296. The number of ether oxygens (including phenoxy) is 3. The van der Waals surface area contributed by atoms with Crippen LogP contribution in [0.5, 0.6) is 11.5 Å². The van der Waals surface area contributed by atoms with Crippen molar-refractivity contribution in [2.75, 3.05) is 34.4 Å². The van der Waals surface area contributed by atoms with Gasteiger partial charge in [0.15, 0.2) is 0 Å². The standard InChI is InChI=1S/C27H32NO4/c1-28(2,3)24-12-10-22(11-13-24)20-27(29)31-19-7-18-30-25-14-16-26(17-15-25)32-21-23-8-5-4-6-9-23/h4-6,8-17H,7,18-21H2,1-3H3/q+1. The van der Waals surface area contributed by atoms with E-state index in [-0.39, 0.29) is 12.4 Å². The molecule has 3 rings (SSSR count). The van der Waals surface area contributed by atoms with Crippen LogP contribution >= 0.6 is 0 Å². The molecule has 3 aromatic rings. The van der Waals surface area contributed by atoms with E-state index >= 15 is 0 Å². The van der Waals surface area contributed by atoms with Crippen LogP contribution in [-0.2, 0) is 22.6 Å². The molecule has 0 spiro atoms. The van der Waals surface area contributed by atoms with Gasteiger partial charge in [0.1, 0.15) is 23.8 Å². The predicted molar refractivity (Wildman–Crippen MR) is 128 cm³/mol. The minimum Gasteiger partial charge on any atom is -0.493 e. The zero-order valence-corrected chi connectivity index (χ0v) is 19.1. The molecule has 0 N–H and O–H groups in total. The van der Waals surface area contributed by atoms with Gasteiger partial charge in [-0.15, -0.1) is 0 Å². The van der Waals surface area contributed by atoms with Gasteiger partial charge in [-0.1, -0.05) is 42.5 Å². The van der Waals surface area contributed by atoms with E-state index in [4.69, 9.17) is 14.2 Å². The van der Waals surface area contributed by atoms with Crippen LogP contribution < -0.4 is 14.0 Å². The molecule has 0 aliphatic rings. The van der Waals surface area contributed by atoms with E-state index in [1.54, 1.807) is 0 Å². The van der Waals surface area contributed by atoms with Crippen LogP contribution in [0.15, 0.2) is 78.9 Å². The van der Waals surface area contributed by atoms with Crippen LogP contribution in [0.3, 0.4) is 0 Å².